The van der Waals surface area contributed by atoms with E-state index in [1.807, 2.05) is 0 Å². The summed E-state index contributed by atoms with van der Waals surface area (Å²) in [4.78, 5) is 0. The molecule has 0 atom stereocenters. The number of halogens is 1. The maximum absolute atomic E-state index is 2.27. The zero-order valence-corrected chi connectivity index (χ0v) is 8.97. The molecular weight excluding hydrogens is 163 g/mol. The minimum Gasteiger partial charge on any atom is -0.147 e. The van der Waals surface area contributed by atoms with Crippen LogP contribution in [0.2, 0.25) is 0 Å². The molecule has 0 aromatic carbocycles. The molecule has 0 aliphatic rings. The summed E-state index contributed by atoms with van der Waals surface area (Å²) in [6.07, 6.45) is 8.61. The van der Waals surface area contributed by atoms with Crippen molar-refractivity contribution in [1.29, 1.82) is 0 Å². The Morgan fingerprint density at radius 2 is 1.30 bits per heavy atom. The summed E-state index contributed by atoms with van der Waals surface area (Å²) in [5, 5.41) is 0. The molecule has 0 aliphatic carbocycles. The monoisotopic (exact) mass is 182 g/mol. The third-order valence-electron chi connectivity index (χ3n) is 1.41. The smallest absolute Gasteiger partial charge is 0.0354 e. The van der Waals surface area contributed by atoms with Crippen LogP contribution in [0.15, 0.2) is 0 Å². The first kappa shape index (κ1) is 13.3. The lowest BCUT2D eigenvalue weighted by atomic mass is 10.4. The van der Waals surface area contributed by atoms with Crippen LogP contribution in [0.4, 0.5) is 0 Å². The zero-order valence-electron chi connectivity index (χ0n) is 7.15. The number of unbranched alkanes of at least 4 members (excludes halogenated alkanes) is 2. The summed E-state index contributed by atoms with van der Waals surface area (Å²) in [6, 6.07) is 0. The number of hydrogen-bond acceptors (Lipinski definition) is 0. The van der Waals surface area contributed by atoms with E-state index in [0.717, 1.165) is 0 Å². The Labute approximate surface area is 73.4 Å². The molecule has 0 amide bonds. The van der Waals surface area contributed by atoms with Crippen molar-refractivity contribution in [3.63, 3.8) is 0 Å². The minimum absolute atomic E-state index is 0. The fourth-order valence-corrected chi connectivity index (χ4v) is 2.19. The van der Waals surface area contributed by atoms with Crippen LogP contribution in [0.3, 0.4) is 0 Å². The molecule has 0 aromatic rings. The Morgan fingerprint density at radius 1 is 0.900 bits per heavy atom. The van der Waals surface area contributed by atoms with Gasteiger partial charge in [0.15, 0.2) is 0 Å². The number of hydrogen-bond donors (Lipinski definition) is 0. The van der Waals surface area contributed by atoms with E-state index in [1.165, 1.54) is 46.6 Å². The Kier molecular flexibility index (Phi) is 16.5. The largest absolute Gasteiger partial charge is 0.147 e. The zero-order chi connectivity index (χ0) is 6.95. The van der Waals surface area contributed by atoms with Gasteiger partial charge in [0.05, 0.1) is 0 Å². The van der Waals surface area contributed by atoms with E-state index in [2.05, 4.69) is 13.8 Å². The molecule has 2 heteroatoms. The van der Waals surface area contributed by atoms with Crippen molar-refractivity contribution in [3.8, 4) is 0 Å². The first-order chi connectivity index (χ1) is 4.41. The fourth-order valence-electron chi connectivity index (χ4n) is 0.729. The van der Waals surface area contributed by atoms with Gasteiger partial charge in [-0.15, -0.1) is 21.0 Å². The predicted octanol–water partition coefficient (Wildman–Crippen LogP) is 3.69. The molecule has 0 spiro atoms. The molecule has 0 unspecified atom stereocenters. The molecule has 0 radical (unpaired) electrons. The van der Waals surface area contributed by atoms with E-state index in [1.54, 1.807) is 0 Å². The van der Waals surface area contributed by atoms with Gasteiger partial charge >= 0.3 is 0 Å². The summed E-state index contributed by atoms with van der Waals surface area (Å²) >= 11 is 0. The van der Waals surface area contributed by atoms with Crippen molar-refractivity contribution in [1.82, 2.24) is 0 Å². The van der Waals surface area contributed by atoms with E-state index < -0.39 is 0 Å². The maximum atomic E-state index is 2.27. The molecular formula is C8H20ClP. The molecule has 0 saturated carbocycles. The molecule has 0 aromatic heterocycles. The highest BCUT2D eigenvalue weighted by atomic mass is 35.5. The summed E-state index contributed by atoms with van der Waals surface area (Å²) in [7, 11) is 1.25. The molecule has 0 saturated heterocycles. The van der Waals surface area contributed by atoms with Crippen LogP contribution in [0.5, 0.6) is 0 Å². The molecule has 0 fully saturated rings. The van der Waals surface area contributed by atoms with E-state index >= 15 is 0 Å². The van der Waals surface area contributed by atoms with Gasteiger partial charge in [0.1, 0.15) is 0 Å². The van der Waals surface area contributed by atoms with E-state index in [-0.39, 0.29) is 12.4 Å². The van der Waals surface area contributed by atoms with Crippen LogP contribution in [-0.2, 0) is 0 Å². The molecule has 0 rings (SSSR count). The maximum Gasteiger partial charge on any atom is -0.0354 e. The van der Waals surface area contributed by atoms with Crippen molar-refractivity contribution in [2.75, 3.05) is 12.3 Å². The highest BCUT2D eigenvalue weighted by molar-refractivity contribution is 7.37. The molecule has 0 N–H and O–H groups in total. The molecule has 0 nitrogen and oxygen atoms in total. The molecule has 0 aliphatic heterocycles. The van der Waals surface area contributed by atoms with E-state index in [9.17, 15) is 0 Å². The van der Waals surface area contributed by atoms with Crippen LogP contribution in [0.1, 0.15) is 39.5 Å². The third kappa shape index (κ3) is 11.5. The average Bonchev–Trinajstić information content (AvgIpc) is 1.89. The van der Waals surface area contributed by atoms with Gasteiger partial charge in [0, 0.05) is 0 Å². The number of rotatable bonds is 6. The third-order valence-corrected chi connectivity index (χ3v) is 2.83. The highest BCUT2D eigenvalue weighted by Crippen LogP contribution is 2.14. The molecule has 10 heavy (non-hydrogen) atoms. The molecule has 0 bridgehead atoms. The Balaban J connectivity index is 0. The lowest BCUT2D eigenvalue weighted by Gasteiger charge is -1.96. The lowest BCUT2D eigenvalue weighted by molar-refractivity contribution is 0.874. The van der Waals surface area contributed by atoms with Crippen molar-refractivity contribution in [2.24, 2.45) is 0 Å². The van der Waals surface area contributed by atoms with Gasteiger partial charge in [-0.2, -0.15) is 0 Å². The van der Waals surface area contributed by atoms with E-state index in [0.29, 0.717) is 0 Å². The first-order valence-electron chi connectivity index (χ1n) is 4.12. The van der Waals surface area contributed by atoms with Gasteiger partial charge < -0.3 is 0 Å². The van der Waals surface area contributed by atoms with Crippen LogP contribution in [0, 0.1) is 0 Å². The lowest BCUT2D eigenvalue weighted by Crippen LogP contribution is -1.78. The van der Waals surface area contributed by atoms with E-state index in [4.69, 9.17) is 0 Å². The average molecular weight is 183 g/mol. The van der Waals surface area contributed by atoms with Crippen molar-refractivity contribution in [3.05, 3.63) is 0 Å². The second kappa shape index (κ2) is 12.4. The predicted molar refractivity (Wildman–Crippen MR) is 55.1 cm³/mol. The van der Waals surface area contributed by atoms with Gasteiger partial charge in [0.25, 0.3) is 0 Å². The highest BCUT2D eigenvalue weighted by Gasteiger charge is 1.85. The fraction of sp³-hybridized carbons (Fsp3) is 1.00. The van der Waals surface area contributed by atoms with Crippen molar-refractivity contribution in [2.45, 2.75) is 39.5 Å². The summed E-state index contributed by atoms with van der Waals surface area (Å²) < 4.78 is 0. The van der Waals surface area contributed by atoms with Gasteiger partial charge in [-0.1, -0.05) is 26.7 Å². The van der Waals surface area contributed by atoms with Gasteiger partial charge in [0.2, 0.25) is 0 Å². The van der Waals surface area contributed by atoms with Crippen LogP contribution in [0.25, 0.3) is 0 Å². The summed E-state index contributed by atoms with van der Waals surface area (Å²) in [5.41, 5.74) is 0. The second-order valence-corrected chi connectivity index (χ2v) is 3.96. The molecule has 0 heterocycles. The minimum atomic E-state index is 0. The Morgan fingerprint density at radius 3 is 1.60 bits per heavy atom. The van der Waals surface area contributed by atoms with Crippen molar-refractivity contribution < 1.29 is 0 Å². The standard InChI is InChI=1S/C8H19P.ClH/c1-3-5-7-9-8-6-4-2;/h9H,3-8H2,1-2H3;1H. The van der Waals surface area contributed by atoms with Crippen molar-refractivity contribution >= 4 is 21.0 Å². The normalized spacial score (nSPS) is 9.00. The molecule has 64 valence electrons. The first-order valence-corrected chi connectivity index (χ1v) is 5.54. The van der Waals surface area contributed by atoms with Crippen LogP contribution >= 0.6 is 21.0 Å². The van der Waals surface area contributed by atoms with Crippen LogP contribution < -0.4 is 0 Å². The van der Waals surface area contributed by atoms with Crippen LogP contribution in [-0.4, -0.2) is 12.3 Å². The quantitative estimate of drug-likeness (QED) is 0.434. The SMILES string of the molecule is CCCCPCCCC.Cl. The van der Waals surface area contributed by atoms with Gasteiger partial charge in [-0.3, -0.25) is 0 Å². The summed E-state index contributed by atoms with van der Waals surface area (Å²) in [5.74, 6) is 0. The summed E-state index contributed by atoms with van der Waals surface area (Å²) in [6.45, 7) is 4.54. The van der Waals surface area contributed by atoms with Gasteiger partial charge in [-0.05, 0) is 25.2 Å². The van der Waals surface area contributed by atoms with Gasteiger partial charge in [-0.25, -0.2) is 0 Å². The Bertz CT molecular complexity index is 42.5. The topological polar surface area (TPSA) is 0 Å². The Hall–Kier alpha value is 0.720. The second-order valence-electron chi connectivity index (χ2n) is 2.46.